The zero-order valence-corrected chi connectivity index (χ0v) is 15.5. The number of amides is 1. The zero-order chi connectivity index (χ0) is 20.6. The van der Waals surface area contributed by atoms with Crippen LogP contribution in [0.3, 0.4) is 0 Å². The Morgan fingerprint density at radius 1 is 1.07 bits per heavy atom. The minimum absolute atomic E-state index is 0.161. The van der Waals surface area contributed by atoms with E-state index in [9.17, 15) is 9.59 Å². The van der Waals surface area contributed by atoms with Crippen LogP contribution in [0.15, 0.2) is 60.9 Å². The highest BCUT2D eigenvalue weighted by atomic mass is 16.5. The summed E-state index contributed by atoms with van der Waals surface area (Å²) in [5, 5.41) is 14.7. The molecule has 0 aliphatic carbocycles. The molecule has 29 heavy (non-hydrogen) atoms. The van der Waals surface area contributed by atoms with Gasteiger partial charge < -0.3 is 15.4 Å². The third-order valence-electron chi connectivity index (χ3n) is 3.82. The van der Waals surface area contributed by atoms with Gasteiger partial charge in [-0.25, -0.2) is 14.8 Å². The van der Waals surface area contributed by atoms with Gasteiger partial charge in [0.25, 0.3) is 5.91 Å². The third-order valence-corrected chi connectivity index (χ3v) is 3.82. The second kappa shape index (κ2) is 9.10. The number of benzene rings is 2. The molecule has 3 aromatic rings. The van der Waals surface area contributed by atoms with E-state index in [1.807, 2.05) is 0 Å². The molecule has 0 radical (unpaired) electrons. The summed E-state index contributed by atoms with van der Waals surface area (Å²) < 4.78 is 4.93. The molecular weight excluding hydrogens is 370 g/mol. The average molecular weight is 387 g/mol. The summed E-state index contributed by atoms with van der Waals surface area (Å²) >= 11 is 0. The van der Waals surface area contributed by atoms with Gasteiger partial charge >= 0.3 is 5.97 Å². The molecule has 2 aromatic carbocycles. The first-order valence-electron chi connectivity index (χ1n) is 8.77. The van der Waals surface area contributed by atoms with Crippen molar-refractivity contribution < 1.29 is 14.3 Å². The number of hydrogen-bond acceptors (Lipinski definition) is 7. The lowest BCUT2D eigenvalue weighted by Gasteiger charge is -2.08. The number of nitriles is 1. The van der Waals surface area contributed by atoms with Crippen molar-refractivity contribution in [3.05, 3.63) is 77.7 Å². The molecule has 0 bridgehead atoms. The molecule has 0 unspecified atom stereocenters. The van der Waals surface area contributed by atoms with Crippen LogP contribution >= 0.6 is 0 Å². The van der Waals surface area contributed by atoms with E-state index in [1.54, 1.807) is 55.5 Å². The van der Waals surface area contributed by atoms with Gasteiger partial charge in [0.1, 0.15) is 17.8 Å². The minimum atomic E-state index is -0.426. The second-order valence-electron chi connectivity index (χ2n) is 5.86. The van der Waals surface area contributed by atoms with Gasteiger partial charge in [0.15, 0.2) is 0 Å². The van der Waals surface area contributed by atoms with E-state index in [2.05, 4.69) is 26.7 Å². The van der Waals surface area contributed by atoms with Crippen LogP contribution in [0.1, 0.15) is 33.3 Å². The van der Waals surface area contributed by atoms with Crippen molar-refractivity contribution >= 4 is 29.1 Å². The second-order valence-corrected chi connectivity index (χ2v) is 5.86. The van der Waals surface area contributed by atoms with Gasteiger partial charge in [-0.3, -0.25) is 4.79 Å². The Kier molecular flexibility index (Phi) is 6.12. The number of rotatable bonds is 6. The van der Waals surface area contributed by atoms with Crippen molar-refractivity contribution in [1.29, 1.82) is 5.26 Å². The van der Waals surface area contributed by atoms with Gasteiger partial charge in [-0.2, -0.15) is 5.26 Å². The van der Waals surface area contributed by atoms with Crippen LogP contribution in [0.5, 0.6) is 0 Å². The Bertz CT molecular complexity index is 1070. The SMILES string of the molecule is CCOC(=O)c1ccc(NC(=O)c2cc(Nc3cccc(C#N)c3)ncn2)cc1. The van der Waals surface area contributed by atoms with E-state index in [0.717, 1.165) is 0 Å². The largest absolute Gasteiger partial charge is 0.462 e. The molecular formula is C21H17N5O3. The zero-order valence-electron chi connectivity index (χ0n) is 15.5. The number of carbonyl (C=O) groups is 2. The van der Waals surface area contributed by atoms with E-state index in [-0.39, 0.29) is 5.69 Å². The fraction of sp³-hybridized carbons (Fsp3) is 0.0952. The third kappa shape index (κ3) is 5.14. The number of ether oxygens (including phenoxy) is 1. The lowest BCUT2D eigenvalue weighted by molar-refractivity contribution is 0.0526. The Morgan fingerprint density at radius 2 is 1.86 bits per heavy atom. The molecule has 0 fully saturated rings. The number of anilines is 3. The summed E-state index contributed by atoms with van der Waals surface area (Å²) in [6.07, 6.45) is 1.27. The average Bonchev–Trinajstić information content (AvgIpc) is 2.74. The van der Waals surface area contributed by atoms with Crippen LogP contribution in [0.2, 0.25) is 0 Å². The molecule has 144 valence electrons. The first-order valence-corrected chi connectivity index (χ1v) is 8.77. The van der Waals surface area contributed by atoms with Crippen LogP contribution < -0.4 is 10.6 Å². The van der Waals surface area contributed by atoms with E-state index in [4.69, 9.17) is 10.00 Å². The van der Waals surface area contributed by atoms with E-state index in [0.29, 0.717) is 34.9 Å². The van der Waals surface area contributed by atoms with E-state index < -0.39 is 11.9 Å². The van der Waals surface area contributed by atoms with Crippen LogP contribution in [0.4, 0.5) is 17.2 Å². The van der Waals surface area contributed by atoms with Crippen molar-refractivity contribution in [2.45, 2.75) is 6.92 Å². The molecule has 0 aliphatic heterocycles. The van der Waals surface area contributed by atoms with E-state index >= 15 is 0 Å². The maximum atomic E-state index is 12.5. The smallest absolute Gasteiger partial charge is 0.338 e. The van der Waals surface area contributed by atoms with Crippen LogP contribution in [-0.2, 0) is 4.74 Å². The molecule has 0 spiro atoms. The summed E-state index contributed by atoms with van der Waals surface area (Å²) in [6.45, 7) is 2.03. The van der Waals surface area contributed by atoms with Gasteiger partial charge in [-0.1, -0.05) is 6.07 Å². The highest BCUT2D eigenvalue weighted by Crippen LogP contribution is 2.17. The Balaban J connectivity index is 1.69. The highest BCUT2D eigenvalue weighted by molar-refractivity contribution is 6.03. The van der Waals surface area contributed by atoms with Gasteiger partial charge in [-0.15, -0.1) is 0 Å². The minimum Gasteiger partial charge on any atom is -0.462 e. The summed E-state index contributed by atoms with van der Waals surface area (Å²) in [5.41, 5.74) is 2.25. The van der Waals surface area contributed by atoms with Gasteiger partial charge in [-0.05, 0) is 49.4 Å². The number of hydrogen-bond donors (Lipinski definition) is 2. The number of aromatic nitrogens is 2. The van der Waals surface area contributed by atoms with Gasteiger partial charge in [0.05, 0.1) is 23.8 Å². The van der Waals surface area contributed by atoms with E-state index in [1.165, 1.54) is 12.4 Å². The van der Waals surface area contributed by atoms with Crippen LogP contribution in [0, 0.1) is 11.3 Å². The molecule has 0 saturated carbocycles. The molecule has 1 heterocycles. The Labute approximate surface area is 167 Å². The number of nitrogens with zero attached hydrogens (tertiary/aromatic N) is 3. The number of esters is 1. The standard InChI is InChI=1S/C21H17N5O3/c1-2-29-21(28)15-6-8-16(9-7-15)26-20(27)18-11-19(24-13-23-18)25-17-5-3-4-14(10-17)12-22/h3-11,13H,2H2,1H3,(H,26,27)(H,23,24,25). The lowest BCUT2D eigenvalue weighted by atomic mass is 10.2. The molecule has 8 heteroatoms. The Hall–Kier alpha value is -4.25. The quantitative estimate of drug-likeness (QED) is 0.621. The van der Waals surface area contributed by atoms with Crippen molar-refractivity contribution in [3.63, 3.8) is 0 Å². The molecule has 2 N–H and O–H groups in total. The fourth-order valence-corrected chi connectivity index (χ4v) is 2.46. The Morgan fingerprint density at radius 3 is 2.59 bits per heavy atom. The number of carbonyl (C=O) groups excluding carboxylic acids is 2. The fourth-order valence-electron chi connectivity index (χ4n) is 2.46. The van der Waals surface area contributed by atoms with Crippen LogP contribution in [-0.4, -0.2) is 28.5 Å². The maximum Gasteiger partial charge on any atom is 0.338 e. The molecule has 3 rings (SSSR count). The van der Waals surface area contributed by atoms with Crippen molar-refractivity contribution in [1.82, 2.24) is 9.97 Å². The highest BCUT2D eigenvalue weighted by Gasteiger charge is 2.11. The van der Waals surface area contributed by atoms with Crippen molar-refractivity contribution in [2.75, 3.05) is 17.2 Å². The van der Waals surface area contributed by atoms with Gasteiger partial charge in [0, 0.05) is 17.4 Å². The van der Waals surface area contributed by atoms with Crippen LogP contribution in [0.25, 0.3) is 0 Å². The van der Waals surface area contributed by atoms with Crippen molar-refractivity contribution in [2.24, 2.45) is 0 Å². The summed E-state index contributed by atoms with van der Waals surface area (Å²) in [4.78, 5) is 32.2. The molecule has 0 aliphatic rings. The first kappa shape index (κ1) is 19.5. The molecule has 1 amide bonds. The molecule has 0 saturated heterocycles. The normalized spacial score (nSPS) is 9.93. The maximum absolute atomic E-state index is 12.5. The monoisotopic (exact) mass is 387 g/mol. The first-order chi connectivity index (χ1) is 14.1. The molecule has 0 atom stereocenters. The predicted molar refractivity (Wildman–Crippen MR) is 107 cm³/mol. The topological polar surface area (TPSA) is 117 Å². The lowest BCUT2D eigenvalue weighted by Crippen LogP contribution is -2.14. The summed E-state index contributed by atoms with van der Waals surface area (Å²) in [6, 6.07) is 16.8. The summed E-state index contributed by atoms with van der Waals surface area (Å²) in [5.74, 6) is -0.430. The molecule has 8 nitrogen and oxygen atoms in total. The predicted octanol–water partition coefficient (Wildman–Crippen LogP) is 3.52. The number of nitrogens with one attached hydrogen (secondary N) is 2. The molecule has 1 aromatic heterocycles. The van der Waals surface area contributed by atoms with Gasteiger partial charge in [0.2, 0.25) is 0 Å². The summed E-state index contributed by atoms with van der Waals surface area (Å²) in [7, 11) is 0. The van der Waals surface area contributed by atoms with Crippen molar-refractivity contribution in [3.8, 4) is 6.07 Å².